The van der Waals surface area contributed by atoms with Crippen molar-refractivity contribution in [1.82, 2.24) is 15.4 Å². The number of hydrogen-bond donors (Lipinski definition) is 2. The zero-order valence-corrected chi connectivity index (χ0v) is 17.7. The van der Waals surface area contributed by atoms with Crippen LogP contribution in [0.2, 0.25) is 0 Å². The Kier molecular flexibility index (Phi) is 4.85. The van der Waals surface area contributed by atoms with Crippen molar-refractivity contribution in [1.29, 1.82) is 0 Å². The van der Waals surface area contributed by atoms with Crippen LogP contribution >= 0.6 is 0 Å². The highest BCUT2D eigenvalue weighted by Crippen LogP contribution is 2.46. The minimum absolute atomic E-state index is 0.126. The van der Waals surface area contributed by atoms with Crippen LogP contribution in [0, 0.1) is 0 Å². The Bertz CT molecular complexity index is 968. The summed E-state index contributed by atoms with van der Waals surface area (Å²) in [7, 11) is 1.46. The molecule has 1 atom stereocenters. The van der Waals surface area contributed by atoms with Crippen LogP contribution in [0.3, 0.4) is 0 Å². The fourth-order valence-electron chi connectivity index (χ4n) is 5.46. The van der Waals surface area contributed by atoms with E-state index in [-0.39, 0.29) is 11.3 Å². The lowest BCUT2D eigenvalue weighted by Gasteiger charge is -2.40. The molecular formula is C23H29N5O2. The number of benzene rings is 1. The summed E-state index contributed by atoms with van der Waals surface area (Å²) in [4.78, 5) is 28.3. The number of nitrogens with one attached hydrogen (secondary N) is 2. The van der Waals surface area contributed by atoms with Gasteiger partial charge in [0.05, 0.1) is 13.5 Å². The molecule has 1 aliphatic carbocycles. The second kappa shape index (κ2) is 7.54. The van der Waals surface area contributed by atoms with Gasteiger partial charge in [-0.25, -0.2) is 15.4 Å². The summed E-state index contributed by atoms with van der Waals surface area (Å²) in [5.74, 6) is 1.57. The molecule has 1 aromatic carbocycles. The van der Waals surface area contributed by atoms with E-state index in [0.717, 1.165) is 50.3 Å². The second-order valence-electron chi connectivity index (χ2n) is 8.90. The standard InChI is InChI=1S/C23H29N5O2/c1-15-3-5-19-21(15)22(26-14-25-19)28-9-7-23(8-10-28)13-24-18-6-4-16(11-17(18)23)12-20(29)27-30-2/h4,6,11,14-15,24H,3,5,7-10,12-13H2,1-2H3,(H,27,29). The molecule has 3 aliphatic rings. The minimum atomic E-state index is -0.126. The molecule has 0 radical (unpaired) electrons. The lowest BCUT2D eigenvalue weighted by atomic mass is 9.74. The Morgan fingerprint density at radius 1 is 1.33 bits per heavy atom. The lowest BCUT2D eigenvalue weighted by molar-refractivity contribution is -0.130. The normalized spacial score (nSPS) is 21.3. The smallest absolute Gasteiger partial charge is 0.247 e. The molecule has 1 fully saturated rings. The van der Waals surface area contributed by atoms with Crippen LogP contribution in [-0.4, -0.2) is 42.6 Å². The van der Waals surface area contributed by atoms with Gasteiger partial charge in [-0.2, -0.15) is 0 Å². The molecule has 2 aliphatic heterocycles. The fourth-order valence-corrected chi connectivity index (χ4v) is 5.46. The molecule has 7 nitrogen and oxygen atoms in total. The van der Waals surface area contributed by atoms with E-state index in [4.69, 9.17) is 9.82 Å². The third-order valence-electron chi connectivity index (χ3n) is 7.13. The predicted molar refractivity (Wildman–Crippen MR) is 116 cm³/mol. The third-order valence-corrected chi connectivity index (χ3v) is 7.13. The van der Waals surface area contributed by atoms with Crippen LogP contribution < -0.4 is 15.7 Å². The number of anilines is 2. The van der Waals surface area contributed by atoms with Crippen molar-refractivity contribution in [3.63, 3.8) is 0 Å². The van der Waals surface area contributed by atoms with Crippen molar-refractivity contribution in [3.05, 3.63) is 46.9 Å². The highest BCUT2D eigenvalue weighted by molar-refractivity contribution is 5.78. The van der Waals surface area contributed by atoms with Crippen molar-refractivity contribution < 1.29 is 9.63 Å². The van der Waals surface area contributed by atoms with Crippen molar-refractivity contribution in [2.45, 2.75) is 50.4 Å². The van der Waals surface area contributed by atoms with E-state index in [0.29, 0.717) is 12.3 Å². The van der Waals surface area contributed by atoms with Gasteiger partial charge in [0.25, 0.3) is 0 Å². The number of rotatable bonds is 4. The molecule has 5 rings (SSSR count). The Balaban J connectivity index is 1.35. The topological polar surface area (TPSA) is 79.4 Å². The maximum Gasteiger partial charge on any atom is 0.247 e. The number of carbonyl (C=O) groups is 1. The molecule has 1 spiro atoms. The number of aryl methyl sites for hydroxylation is 1. The monoisotopic (exact) mass is 407 g/mol. The van der Waals surface area contributed by atoms with Gasteiger partial charge in [0.1, 0.15) is 12.1 Å². The molecule has 30 heavy (non-hydrogen) atoms. The van der Waals surface area contributed by atoms with Crippen LogP contribution in [0.4, 0.5) is 11.5 Å². The minimum Gasteiger partial charge on any atom is -0.384 e. The van der Waals surface area contributed by atoms with Crippen molar-refractivity contribution in [2.75, 3.05) is 37.0 Å². The van der Waals surface area contributed by atoms with Crippen LogP contribution in [0.1, 0.15) is 54.5 Å². The summed E-state index contributed by atoms with van der Waals surface area (Å²) in [5.41, 5.74) is 8.72. The van der Waals surface area contributed by atoms with Gasteiger partial charge in [-0.1, -0.05) is 19.1 Å². The van der Waals surface area contributed by atoms with Crippen LogP contribution in [0.5, 0.6) is 0 Å². The second-order valence-corrected chi connectivity index (χ2v) is 8.90. The number of aromatic nitrogens is 2. The highest BCUT2D eigenvalue weighted by Gasteiger charge is 2.42. The maximum atomic E-state index is 11.9. The summed E-state index contributed by atoms with van der Waals surface area (Å²) in [6.07, 6.45) is 6.46. The molecule has 2 N–H and O–H groups in total. The molecule has 3 heterocycles. The molecule has 0 saturated carbocycles. The van der Waals surface area contributed by atoms with Crippen molar-refractivity contribution >= 4 is 17.4 Å². The van der Waals surface area contributed by atoms with Gasteiger partial charge in [0.2, 0.25) is 5.91 Å². The zero-order valence-electron chi connectivity index (χ0n) is 17.7. The van der Waals surface area contributed by atoms with Gasteiger partial charge in [-0.15, -0.1) is 0 Å². The third kappa shape index (κ3) is 3.21. The number of hydrogen-bond acceptors (Lipinski definition) is 6. The first-order valence-electron chi connectivity index (χ1n) is 10.9. The van der Waals surface area contributed by atoms with Gasteiger partial charge in [0.15, 0.2) is 0 Å². The van der Waals surface area contributed by atoms with Crippen LogP contribution in [-0.2, 0) is 27.9 Å². The highest BCUT2D eigenvalue weighted by atomic mass is 16.6. The van der Waals surface area contributed by atoms with E-state index in [1.54, 1.807) is 6.33 Å². The molecule has 2 aromatic rings. The number of carbonyl (C=O) groups excluding carboxylic acids is 1. The summed E-state index contributed by atoms with van der Waals surface area (Å²) < 4.78 is 0. The summed E-state index contributed by atoms with van der Waals surface area (Å²) in [6, 6.07) is 6.36. The molecule has 1 unspecified atom stereocenters. The Labute approximate surface area is 177 Å². The number of hydroxylamine groups is 1. The van der Waals surface area contributed by atoms with Crippen molar-refractivity contribution in [3.8, 4) is 0 Å². The molecule has 1 saturated heterocycles. The fraction of sp³-hybridized carbons (Fsp3) is 0.522. The Morgan fingerprint density at radius 2 is 2.17 bits per heavy atom. The number of piperidine rings is 1. The Morgan fingerprint density at radius 3 is 2.97 bits per heavy atom. The SMILES string of the molecule is CONC(=O)Cc1ccc2c(c1)C1(CCN(c3ncnc4c3C(C)CC4)CC1)CN2. The largest absolute Gasteiger partial charge is 0.384 e. The van der Waals surface area contributed by atoms with Gasteiger partial charge in [0, 0.05) is 42.0 Å². The molecule has 1 aromatic heterocycles. The molecule has 1 amide bonds. The van der Waals surface area contributed by atoms with Gasteiger partial charge < -0.3 is 10.2 Å². The summed E-state index contributed by atoms with van der Waals surface area (Å²) in [5, 5.41) is 3.60. The van der Waals surface area contributed by atoms with Gasteiger partial charge >= 0.3 is 0 Å². The lowest BCUT2D eigenvalue weighted by Crippen LogP contribution is -2.44. The Hall–Kier alpha value is -2.67. The predicted octanol–water partition coefficient (Wildman–Crippen LogP) is 2.71. The van der Waals surface area contributed by atoms with Crippen LogP contribution in [0.15, 0.2) is 24.5 Å². The van der Waals surface area contributed by atoms with Crippen LogP contribution in [0.25, 0.3) is 0 Å². The zero-order chi connectivity index (χ0) is 20.7. The maximum absolute atomic E-state index is 11.9. The van der Waals surface area contributed by atoms with E-state index in [9.17, 15) is 4.79 Å². The molecule has 158 valence electrons. The quantitative estimate of drug-likeness (QED) is 0.759. The summed E-state index contributed by atoms with van der Waals surface area (Å²) in [6.45, 7) is 5.24. The average molecular weight is 408 g/mol. The summed E-state index contributed by atoms with van der Waals surface area (Å²) >= 11 is 0. The van der Waals surface area contributed by atoms with E-state index < -0.39 is 0 Å². The first kappa shape index (κ1) is 19.3. The van der Waals surface area contributed by atoms with E-state index >= 15 is 0 Å². The number of fused-ring (bicyclic) bond motifs is 3. The average Bonchev–Trinajstić information content (AvgIpc) is 3.30. The first-order chi connectivity index (χ1) is 14.6. The van der Waals surface area contributed by atoms with E-state index in [1.807, 2.05) is 6.07 Å². The van der Waals surface area contributed by atoms with Gasteiger partial charge in [-0.05, 0) is 48.8 Å². The molecule has 0 bridgehead atoms. The van der Waals surface area contributed by atoms with Crippen molar-refractivity contribution in [2.24, 2.45) is 0 Å². The molecular weight excluding hydrogens is 378 g/mol. The molecule has 7 heteroatoms. The van der Waals surface area contributed by atoms with E-state index in [1.165, 1.54) is 36.0 Å². The van der Waals surface area contributed by atoms with E-state index in [2.05, 4.69) is 39.7 Å². The number of amides is 1. The number of nitrogens with zero attached hydrogens (tertiary/aromatic N) is 3. The first-order valence-corrected chi connectivity index (χ1v) is 10.9. The van der Waals surface area contributed by atoms with Gasteiger partial charge in [-0.3, -0.25) is 9.63 Å².